The highest BCUT2D eigenvalue weighted by molar-refractivity contribution is 6.30. The third-order valence-corrected chi connectivity index (χ3v) is 5.40. The molecule has 0 spiro atoms. The van der Waals surface area contributed by atoms with Gasteiger partial charge in [0.15, 0.2) is 0 Å². The maximum Gasteiger partial charge on any atom is 0.268 e. The van der Waals surface area contributed by atoms with E-state index in [2.05, 4.69) is 10.6 Å². The maximum atomic E-state index is 13.0. The van der Waals surface area contributed by atoms with E-state index in [1.807, 2.05) is 61.5 Å². The summed E-state index contributed by atoms with van der Waals surface area (Å²) < 4.78 is 5.91. The zero-order chi connectivity index (χ0) is 23.9. The molecule has 0 bridgehead atoms. The Morgan fingerprint density at radius 3 is 2.29 bits per heavy atom. The van der Waals surface area contributed by atoms with E-state index in [0.717, 1.165) is 16.7 Å². The van der Waals surface area contributed by atoms with E-state index in [1.54, 1.807) is 36.4 Å². The average molecular weight is 471 g/mol. The molecule has 170 valence electrons. The zero-order valence-electron chi connectivity index (χ0n) is 18.5. The highest BCUT2D eigenvalue weighted by atomic mass is 35.5. The Kier molecular flexibility index (Phi) is 7.25. The highest BCUT2D eigenvalue weighted by Gasteiger charge is 2.16. The van der Waals surface area contributed by atoms with E-state index < -0.39 is 5.91 Å². The summed E-state index contributed by atoms with van der Waals surface area (Å²) in [7, 11) is 0. The number of nitrogens with one attached hydrogen (secondary N) is 2. The minimum atomic E-state index is -0.422. The van der Waals surface area contributed by atoms with E-state index in [4.69, 9.17) is 16.0 Å². The van der Waals surface area contributed by atoms with Crippen LogP contribution in [0.2, 0.25) is 5.02 Å². The number of benzene rings is 3. The van der Waals surface area contributed by atoms with Gasteiger partial charge in [-0.25, -0.2) is 0 Å². The van der Waals surface area contributed by atoms with Crippen LogP contribution in [0.3, 0.4) is 0 Å². The Morgan fingerprint density at radius 2 is 1.59 bits per heavy atom. The second-order valence-corrected chi connectivity index (χ2v) is 8.19. The van der Waals surface area contributed by atoms with Gasteiger partial charge >= 0.3 is 0 Å². The molecule has 0 saturated heterocycles. The first kappa shape index (κ1) is 23.1. The zero-order valence-corrected chi connectivity index (χ0v) is 19.3. The summed E-state index contributed by atoms with van der Waals surface area (Å²) in [5, 5.41) is 6.21. The number of carbonyl (C=O) groups excluding carboxylic acids is 2. The summed E-state index contributed by atoms with van der Waals surface area (Å²) in [4.78, 5) is 25.8. The molecule has 3 aromatic carbocycles. The second kappa shape index (κ2) is 10.7. The standard InChI is InChI=1S/C28H23ClN2O3/c1-19-7-9-22(10-8-19)27(32)31-25(28(33)30-18-20-5-3-2-4-6-20)17-24-15-16-26(34-24)21-11-13-23(29)14-12-21/h2-17H,18H2,1H3,(H,30,33)(H,31,32)/b25-17-. The van der Waals surface area contributed by atoms with Crippen molar-refractivity contribution in [1.29, 1.82) is 0 Å². The summed E-state index contributed by atoms with van der Waals surface area (Å²) in [5.74, 6) is 0.246. The molecule has 6 heteroatoms. The van der Waals surface area contributed by atoms with Gasteiger partial charge in [0.05, 0.1) is 0 Å². The Balaban J connectivity index is 1.57. The molecule has 2 N–H and O–H groups in total. The van der Waals surface area contributed by atoms with Crippen LogP contribution >= 0.6 is 11.6 Å². The molecule has 0 unspecified atom stereocenters. The summed E-state index contributed by atoms with van der Waals surface area (Å²) in [6, 6.07) is 27.5. The number of furan rings is 1. The van der Waals surface area contributed by atoms with Crippen LogP contribution in [0.15, 0.2) is 101 Å². The SMILES string of the molecule is Cc1ccc(C(=O)N/C(=C\c2ccc(-c3ccc(Cl)cc3)o2)C(=O)NCc2ccccc2)cc1. The van der Waals surface area contributed by atoms with Gasteiger partial charge < -0.3 is 15.1 Å². The van der Waals surface area contributed by atoms with Gasteiger partial charge in [-0.2, -0.15) is 0 Å². The van der Waals surface area contributed by atoms with Crippen molar-refractivity contribution in [3.05, 3.63) is 124 Å². The lowest BCUT2D eigenvalue weighted by molar-refractivity contribution is -0.117. The van der Waals surface area contributed by atoms with Crippen LogP contribution in [-0.2, 0) is 11.3 Å². The Morgan fingerprint density at radius 1 is 0.882 bits per heavy atom. The molecule has 34 heavy (non-hydrogen) atoms. The number of amides is 2. The van der Waals surface area contributed by atoms with Gasteiger partial charge in [0.1, 0.15) is 17.2 Å². The molecule has 2 amide bonds. The predicted octanol–water partition coefficient (Wildman–Crippen LogP) is 6.00. The van der Waals surface area contributed by atoms with Crippen LogP contribution in [-0.4, -0.2) is 11.8 Å². The average Bonchev–Trinajstić information content (AvgIpc) is 3.32. The van der Waals surface area contributed by atoms with Crippen molar-refractivity contribution in [3.63, 3.8) is 0 Å². The van der Waals surface area contributed by atoms with Crippen LogP contribution in [0.25, 0.3) is 17.4 Å². The topological polar surface area (TPSA) is 71.3 Å². The van der Waals surface area contributed by atoms with Gasteiger partial charge in [-0.05, 0) is 61.0 Å². The van der Waals surface area contributed by atoms with Crippen molar-refractivity contribution >= 4 is 29.5 Å². The molecule has 0 radical (unpaired) electrons. The number of aryl methyl sites for hydroxylation is 1. The smallest absolute Gasteiger partial charge is 0.268 e. The lowest BCUT2D eigenvalue weighted by Gasteiger charge is -2.11. The van der Waals surface area contributed by atoms with Gasteiger partial charge in [-0.1, -0.05) is 59.6 Å². The van der Waals surface area contributed by atoms with E-state index in [-0.39, 0.29) is 11.6 Å². The summed E-state index contributed by atoms with van der Waals surface area (Å²) in [5.41, 5.74) is 3.37. The van der Waals surface area contributed by atoms with Gasteiger partial charge in [0, 0.05) is 28.8 Å². The lowest BCUT2D eigenvalue weighted by Crippen LogP contribution is -2.34. The normalized spacial score (nSPS) is 11.2. The number of carbonyl (C=O) groups is 2. The van der Waals surface area contributed by atoms with Gasteiger partial charge in [0.2, 0.25) is 0 Å². The molecule has 0 aliphatic carbocycles. The first-order chi connectivity index (χ1) is 16.5. The fourth-order valence-corrected chi connectivity index (χ4v) is 3.40. The Bertz CT molecular complexity index is 1310. The number of hydrogen-bond donors (Lipinski definition) is 2. The summed E-state index contributed by atoms with van der Waals surface area (Å²) in [6.45, 7) is 2.27. The monoisotopic (exact) mass is 470 g/mol. The minimum Gasteiger partial charge on any atom is -0.457 e. The Labute approximate surface area is 203 Å². The van der Waals surface area contributed by atoms with Crippen molar-refractivity contribution in [2.24, 2.45) is 0 Å². The molecule has 0 aliphatic rings. The number of rotatable bonds is 7. The first-order valence-corrected chi connectivity index (χ1v) is 11.1. The van der Waals surface area contributed by atoms with Crippen molar-refractivity contribution in [2.75, 3.05) is 0 Å². The molecular formula is C28H23ClN2O3. The van der Waals surface area contributed by atoms with Crippen molar-refractivity contribution in [3.8, 4) is 11.3 Å². The number of hydrogen-bond acceptors (Lipinski definition) is 3. The molecule has 0 aliphatic heterocycles. The molecular weight excluding hydrogens is 448 g/mol. The van der Waals surface area contributed by atoms with Crippen LogP contribution < -0.4 is 10.6 Å². The fourth-order valence-electron chi connectivity index (χ4n) is 3.27. The predicted molar refractivity (Wildman–Crippen MR) is 134 cm³/mol. The van der Waals surface area contributed by atoms with Crippen LogP contribution in [0.5, 0.6) is 0 Å². The van der Waals surface area contributed by atoms with E-state index in [1.165, 1.54) is 6.08 Å². The lowest BCUT2D eigenvalue weighted by atomic mass is 10.1. The quantitative estimate of drug-likeness (QED) is 0.325. The van der Waals surface area contributed by atoms with Crippen molar-refractivity contribution in [1.82, 2.24) is 10.6 Å². The molecule has 1 heterocycles. The largest absolute Gasteiger partial charge is 0.457 e. The van der Waals surface area contributed by atoms with Crippen molar-refractivity contribution in [2.45, 2.75) is 13.5 Å². The van der Waals surface area contributed by atoms with Gasteiger partial charge in [0.25, 0.3) is 11.8 Å². The fraction of sp³-hybridized carbons (Fsp3) is 0.0714. The van der Waals surface area contributed by atoms with E-state index >= 15 is 0 Å². The summed E-state index contributed by atoms with van der Waals surface area (Å²) >= 11 is 5.96. The van der Waals surface area contributed by atoms with E-state index in [0.29, 0.717) is 28.7 Å². The maximum absolute atomic E-state index is 13.0. The van der Waals surface area contributed by atoms with Gasteiger partial charge in [-0.15, -0.1) is 0 Å². The van der Waals surface area contributed by atoms with Crippen LogP contribution in [0, 0.1) is 6.92 Å². The van der Waals surface area contributed by atoms with E-state index in [9.17, 15) is 9.59 Å². The molecule has 1 aromatic heterocycles. The molecule has 0 atom stereocenters. The molecule has 4 rings (SSSR count). The third-order valence-electron chi connectivity index (χ3n) is 5.14. The number of halogens is 1. The molecule has 5 nitrogen and oxygen atoms in total. The first-order valence-electron chi connectivity index (χ1n) is 10.8. The van der Waals surface area contributed by atoms with Gasteiger partial charge in [-0.3, -0.25) is 9.59 Å². The molecule has 4 aromatic rings. The minimum absolute atomic E-state index is 0.0820. The highest BCUT2D eigenvalue weighted by Crippen LogP contribution is 2.24. The van der Waals surface area contributed by atoms with Crippen molar-refractivity contribution < 1.29 is 14.0 Å². The van der Waals surface area contributed by atoms with Crippen LogP contribution in [0.4, 0.5) is 0 Å². The molecule has 0 saturated carbocycles. The Hall–Kier alpha value is -4.09. The van der Waals surface area contributed by atoms with Crippen LogP contribution in [0.1, 0.15) is 27.2 Å². The molecule has 0 fully saturated rings. The summed E-state index contributed by atoms with van der Waals surface area (Å²) in [6.07, 6.45) is 1.52. The third kappa shape index (κ3) is 6.03. The second-order valence-electron chi connectivity index (χ2n) is 7.76.